The number of aromatic nitrogens is 1. The highest BCUT2D eigenvalue weighted by atomic mass is 32.2. The number of thiazole rings is 1. The third-order valence-electron chi connectivity index (χ3n) is 3.99. The molecule has 0 unspecified atom stereocenters. The van der Waals surface area contributed by atoms with Crippen LogP contribution in [0.25, 0.3) is 0 Å². The van der Waals surface area contributed by atoms with Gasteiger partial charge in [-0.25, -0.2) is 4.98 Å². The van der Waals surface area contributed by atoms with E-state index in [0.29, 0.717) is 13.0 Å². The molecule has 0 radical (unpaired) electrons. The average Bonchev–Trinajstić information content (AvgIpc) is 3.14. The Morgan fingerprint density at radius 1 is 1.10 bits per heavy atom. The van der Waals surface area contributed by atoms with Gasteiger partial charge in [-0.05, 0) is 50.2 Å². The third kappa shape index (κ3) is 6.38. The van der Waals surface area contributed by atoms with Crippen LogP contribution in [0.4, 0.5) is 0 Å². The van der Waals surface area contributed by atoms with Crippen LogP contribution in [0, 0.1) is 11.8 Å². The number of aliphatic carboxylic acids is 1. The molecule has 3 aromatic rings. The van der Waals surface area contributed by atoms with Gasteiger partial charge in [-0.15, -0.1) is 11.3 Å². The van der Waals surface area contributed by atoms with Crippen molar-refractivity contribution >= 4 is 29.1 Å². The van der Waals surface area contributed by atoms with Gasteiger partial charge in [0.25, 0.3) is 0 Å². The van der Waals surface area contributed by atoms with Gasteiger partial charge in [0.05, 0.1) is 12.3 Å². The van der Waals surface area contributed by atoms with Crippen molar-refractivity contribution in [2.45, 2.75) is 29.4 Å². The van der Waals surface area contributed by atoms with Gasteiger partial charge in [0, 0.05) is 22.9 Å². The van der Waals surface area contributed by atoms with Crippen molar-refractivity contribution in [2.75, 3.05) is 6.61 Å². The van der Waals surface area contributed by atoms with Gasteiger partial charge in [0.2, 0.25) is 0 Å². The van der Waals surface area contributed by atoms with E-state index in [4.69, 9.17) is 4.74 Å². The largest absolute Gasteiger partial charge is 0.493 e. The second-order valence-corrected chi connectivity index (χ2v) is 9.49. The molecule has 0 aliphatic heterocycles. The van der Waals surface area contributed by atoms with Crippen LogP contribution in [0.5, 0.6) is 5.75 Å². The molecule has 0 spiro atoms. The highest BCUT2D eigenvalue weighted by Crippen LogP contribution is 2.34. The Hall–Kier alpha value is -2.75. The first-order chi connectivity index (χ1) is 13.9. The zero-order chi connectivity index (χ0) is 20.7. The van der Waals surface area contributed by atoms with Gasteiger partial charge in [0.15, 0.2) is 4.34 Å². The minimum Gasteiger partial charge on any atom is -0.493 e. The molecule has 4 nitrogen and oxygen atoms in total. The van der Waals surface area contributed by atoms with Crippen LogP contribution in [0.1, 0.15) is 30.7 Å². The maximum Gasteiger partial charge on any atom is 0.319 e. The van der Waals surface area contributed by atoms with Crippen LogP contribution in [-0.4, -0.2) is 27.4 Å². The van der Waals surface area contributed by atoms with Gasteiger partial charge in [-0.3, -0.25) is 4.79 Å². The Bertz CT molecular complexity index is 1020. The van der Waals surface area contributed by atoms with Crippen LogP contribution in [0.2, 0.25) is 0 Å². The quantitative estimate of drug-likeness (QED) is 0.422. The number of carbonyl (C=O) groups is 1. The molecular weight excluding hydrogens is 402 g/mol. The number of rotatable bonds is 7. The molecule has 0 aliphatic carbocycles. The summed E-state index contributed by atoms with van der Waals surface area (Å²) < 4.78 is 5.66. The van der Waals surface area contributed by atoms with E-state index in [1.807, 2.05) is 60.0 Å². The molecule has 1 heterocycles. The van der Waals surface area contributed by atoms with Crippen molar-refractivity contribution in [2.24, 2.45) is 0 Å². The maximum absolute atomic E-state index is 11.2. The second kappa shape index (κ2) is 9.64. The summed E-state index contributed by atoms with van der Waals surface area (Å²) in [6.07, 6.45) is 0.667. The van der Waals surface area contributed by atoms with Crippen LogP contribution in [-0.2, 0) is 11.2 Å². The summed E-state index contributed by atoms with van der Waals surface area (Å²) in [5.41, 5.74) is 2.83. The fourth-order valence-corrected chi connectivity index (χ4v) is 4.51. The molecule has 1 N–H and O–H groups in total. The number of hydrogen-bond donors (Lipinski definition) is 1. The van der Waals surface area contributed by atoms with Crippen molar-refractivity contribution in [3.8, 4) is 17.6 Å². The van der Waals surface area contributed by atoms with Crippen molar-refractivity contribution in [3.05, 3.63) is 76.8 Å². The Kier molecular flexibility index (Phi) is 6.97. The van der Waals surface area contributed by atoms with Gasteiger partial charge in [0.1, 0.15) is 10.5 Å². The number of thioether (sulfide) groups is 1. The fraction of sp³-hybridized carbons (Fsp3) is 0.217. The first-order valence-corrected chi connectivity index (χ1v) is 10.8. The molecule has 6 heteroatoms. The molecule has 1 aromatic heterocycles. The van der Waals surface area contributed by atoms with E-state index in [1.54, 1.807) is 13.8 Å². The molecule has 0 aliphatic rings. The molecular formula is C23H21NO3S2. The van der Waals surface area contributed by atoms with Crippen molar-refractivity contribution < 1.29 is 14.6 Å². The molecule has 0 saturated carbocycles. The van der Waals surface area contributed by atoms with Gasteiger partial charge < -0.3 is 9.84 Å². The molecule has 148 valence electrons. The van der Waals surface area contributed by atoms with Crippen LogP contribution in [0.3, 0.4) is 0 Å². The lowest BCUT2D eigenvalue weighted by molar-refractivity contribution is -0.138. The minimum absolute atomic E-state index is 0.505. The lowest BCUT2D eigenvalue weighted by atomic mass is 10.2. The maximum atomic E-state index is 11.2. The Morgan fingerprint density at radius 2 is 1.76 bits per heavy atom. The van der Waals surface area contributed by atoms with Gasteiger partial charge >= 0.3 is 5.97 Å². The van der Waals surface area contributed by atoms with Gasteiger partial charge in [-0.1, -0.05) is 41.8 Å². The summed E-state index contributed by atoms with van der Waals surface area (Å²) in [6, 6.07) is 17.6. The first-order valence-electron chi connectivity index (χ1n) is 9.09. The van der Waals surface area contributed by atoms with E-state index in [-0.39, 0.29) is 0 Å². The Morgan fingerprint density at radius 3 is 2.41 bits per heavy atom. The lowest BCUT2D eigenvalue weighted by Crippen LogP contribution is -2.26. The van der Waals surface area contributed by atoms with E-state index in [9.17, 15) is 9.90 Å². The van der Waals surface area contributed by atoms with E-state index in [0.717, 1.165) is 26.9 Å². The summed E-state index contributed by atoms with van der Waals surface area (Å²) in [4.78, 5) is 15.7. The third-order valence-corrected chi connectivity index (χ3v) is 6.17. The van der Waals surface area contributed by atoms with E-state index >= 15 is 0 Å². The van der Waals surface area contributed by atoms with Crippen LogP contribution >= 0.6 is 23.1 Å². The van der Waals surface area contributed by atoms with E-state index in [1.165, 1.54) is 23.1 Å². The van der Waals surface area contributed by atoms with E-state index < -0.39 is 10.7 Å². The highest BCUT2D eigenvalue weighted by Gasteiger charge is 2.29. The molecule has 0 saturated heterocycles. The number of hydrogen-bond acceptors (Lipinski definition) is 5. The summed E-state index contributed by atoms with van der Waals surface area (Å²) in [6.45, 7) is 3.86. The highest BCUT2D eigenvalue weighted by molar-refractivity contribution is 8.02. The van der Waals surface area contributed by atoms with Crippen molar-refractivity contribution in [1.82, 2.24) is 4.98 Å². The van der Waals surface area contributed by atoms with Crippen LogP contribution in [0.15, 0.2) is 64.3 Å². The van der Waals surface area contributed by atoms with Gasteiger partial charge in [-0.2, -0.15) is 0 Å². The summed E-state index contributed by atoms with van der Waals surface area (Å²) in [5.74, 6) is 6.21. The monoisotopic (exact) mass is 423 g/mol. The Labute approximate surface area is 179 Å². The number of carboxylic acid groups (broad SMARTS) is 1. The van der Waals surface area contributed by atoms with E-state index in [2.05, 4.69) is 16.8 Å². The Balaban J connectivity index is 1.49. The topological polar surface area (TPSA) is 59.4 Å². The second-order valence-electron chi connectivity index (χ2n) is 6.76. The zero-order valence-electron chi connectivity index (χ0n) is 16.2. The molecule has 0 bridgehead atoms. The number of ether oxygens (including phenoxy) is 1. The summed E-state index contributed by atoms with van der Waals surface area (Å²) in [7, 11) is 0. The molecule has 0 fully saturated rings. The first kappa shape index (κ1) is 21.0. The summed E-state index contributed by atoms with van der Waals surface area (Å²) in [5, 5.41) is 11.2. The summed E-state index contributed by atoms with van der Waals surface area (Å²) >= 11 is 2.73. The van der Waals surface area contributed by atoms with Crippen molar-refractivity contribution in [1.29, 1.82) is 0 Å². The van der Waals surface area contributed by atoms with Crippen LogP contribution < -0.4 is 4.74 Å². The number of nitrogens with zero attached hydrogens (tertiary/aromatic N) is 1. The normalized spacial score (nSPS) is 10.8. The molecule has 2 aromatic carbocycles. The number of benzene rings is 2. The van der Waals surface area contributed by atoms with Crippen molar-refractivity contribution in [3.63, 3.8) is 0 Å². The fourth-order valence-electron chi connectivity index (χ4n) is 2.29. The molecule has 0 amide bonds. The SMILES string of the molecule is CC(C)(Sc1nc(CCOc2ccc(C#Cc3ccccc3)cc2)cs1)C(=O)O. The smallest absolute Gasteiger partial charge is 0.319 e. The number of carboxylic acids is 1. The zero-order valence-corrected chi connectivity index (χ0v) is 17.8. The minimum atomic E-state index is -0.892. The molecule has 29 heavy (non-hydrogen) atoms. The average molecular weight is 424 g/mol. The lowest BCUT2D eigenvalue weighted by Gasteiger charge is -2.15. The predicted octanol–water partition coefficient (Wildman–Crippen LogP) is 5.12. The molecule has 3 rings (SSSR count). The standard InChI is InChI=1S/C23H21NO3S2/c1-23(2,21(25)26)29-22-24-19(16-28-22)14-15-27-20-12-10-18(11-13-20)9-8-17-6-4-3-5-7-17/h3-7,10-13,16H,14-15H2,1-2H3,(H,25,26). The predicted molar refractivity (Wildman–Crippen MR) is 118 cm³/mol. The molecule has 0 atom stereocenters.